The number of aryl methyl sites for hydroxylation is 1. The quantitative estimate of drug-likeness (QED) is 0.381. The van der Waals surface area contributed by atoms with Crippen molar-refractivity contribution < 1.29 is 4.92 Å². The summed E-state index contributed by atoms with van der Waals surface area (Å²) < 4.78 is 0. The average Bonchev–Trinajstić information content (AvgIpc) is 2.45. The maximum absolute atomic E-state index is 11.0. The van der Waals surface area contributed by atoms with Crippen molar-refractivity contribution >= 4 is 23.1 Å². The Labute approximate surface area is 121 Å². The molecule has 104 valence electrons. The van der Waals surface area contributed by atoms with Crippen LogP contribution in [0.5, 0.6) is 0 Å². The lowest BCUT2D eigenvalue weighted by molar-refractivity contribution is -0.384. The Hall–Kier alpha value is -2.05. The Morgan fingerprint density at radius 2 is 2.00 bits per heavy atom. The number of nitrogens with zero attached hydrogens (tertiary/aromatic N) is 1. The van der Waals surface area contributed by atoms with Crippen LogP contribution in [-0.4, -0.2) is 4.92 Å². The number of nitro benzene ring substituents is 1. The number of benzene rings is 2. The molecule has 0 radical (unpaired) electrons. The standard InChI is InChI=1S/C14H15N3O2S/c1-10-5-2-3-8-13(10)20-9-11-6-4-7-12(17(18)19)14(11)16-15/h2-8,16H,9,15H2,1H3. The summed E-state index contributed by atoms with van der Waals surface area (Å²) in [5, 5.41) is 11.0. The highest BCUT2D eigenvalue weighted by Crippen LogP contribution is 2.33. The number of nitro groups is 1. The van der Waals surface area contributed by atoms with Gasteiger partial charge in [-0.2, -0.15) is 0 Å². The lowest BCUT2D eigenvalue weighted by atomic mass is 10.2. The van der Waals surface area contributed by atoms with Crippen molar-refractivity contribution in [2.45, 2.75) is 17.6 Å². The molecule has 5 nitrogen and oxygen atoms in total. The van der Waals surface area contributed by atoms with E-state index in [9.17, 15) is 10.1 Å². The number of para-hydroxylation sites is 1. The molecule has 0 atom stereocenters. The minimum absolute atomic E-state index is 0.00427. The molecule has 6 heteroatoms. The van der Waals surface area contributed by atoms with Gasteiger partial charge in [-0.25, -0.2) is 0 Å². The molecular weight excluding hydrogens is 274 g/mol. The predicted octanol–water partition coefficient (Wildman–Crippen LogP) is 3.48. The lowest BCUT2D eigenvalue weighted by Gasteiger charge is -2.10. The second-order valence-corrected chi connectivity index (χ2v) is 5.28. The summed E-state index contributed by atoms with van der Waals surface area (Å²) in [5.74, 6) is 6.04. The van der Waals surface area contributed by atoms with Crippen molar-refractivity contribution in [3.05, 3.63) is 63.7 Å². The molecule has 0 spiro atoms. The second kappa shape index (κ2) is 6.40. The van der Waals surface area contributed by atoms with Gasteiger partial charge in [0.1, 0.15) is 5.69 Å². The maximum Gasteiger partial charge on any atom is 0.293 e. The van der Waals surface area contributed by atoms with Gasteiger partial charge in [0.25, 0.3) is 5.69 Å². The minimum atomic E-state index is -0.433. The summed E-state index contributed by atoms with van der Waals surface area (Å²) in [4.78, 5) is 11.7. The largest absolute Gasteiger partial charge is 0.318 e. The average molecular weight is 289 g/mol. The molecule has 0 heterocycles. The molecule has 0 saturated carbocycles. The van der Waals surface area contributed by atoms with E-state index in [1.54, 1.807) is 17.8 Å². The van der Waals surface area contributed by atoms with E-state index < -0.39 is 4.92 Å². The van der Waals surface area contributed by atoms with Crippen LogP contribution in [0.1, 0.15) is 11.1 Å². The van der Waals surface area contributed by atoms with Crippen LogP contribution >= 0.6 is 11.8 Å². The highest BCUT2D eigenvalue weighted by molar-refractivity contribution is 7.98. The molecule has 0 aromatic heterocycles. The van der Waals surface area contributed by atoms with Gasteiger partial charge in [0.2, 0.25) is 0 Å². The first-order valence-electron chi connectivity index (χ1n) is 6.05. The van der Waals surface area contributed by atoms with E-state index in [0.29, 0.717) is 11.4 Å². The van der Waals surface area contributed by atoms with Crippen LogP contribution in [0.3, 0.4) is 0 Å². The van der Waals surface area contributed by atoms with E-state index in [4.69, 9.17) is 5.84 Å². The molecule has 0 amide bonds. The van der Waals surface area contributed by atoms with Crippen LogP contribution in [-0.2, 0) is 5.75 Å². The molecule has 3 N–H and O–H groups in total. The van der Waals surface area contributed by atoms with Crippen LogP contribution in [0.15, 0.2) is 47.4 Å². The zero-order valence-electron chi connectivity index (χ0n) is 11.0. The van der Waals surface area contributed by atoms with E-state index in [2.05, 4.69) is 5.43 Å². The first kappa shape index (κ1) is 14.4. The highest BCUT2D eigenvalue weighted by atomic mass is 32.2. The third kappa shape index (κ3) is 3.09. The smallest absolute Gasteiger partial charge is 0.293 e. The van der Waals surface area contributed by atoms with E-state index in [-0.39, 0.29) is 5.69 Å². The zero-order chi connectivity index (χ0) is 14.5. The van der Waals surface area contributed by atoms with Gasteiger partial charge in [0.15, 0.2) is 0 Å². The zero-order valence-corrected chi connectivity index (χ0v) is 11.8. The van der Waals surface area contributed by atoms with E-state index >= 15 is 0 Å². The Bertz CT molecular complexity index is 632. The van der Waals surface area contributed by atoms with E-state index in [0.717, 1.165) is 10.5 Å². The Balaban J connectivity index is 2.24. The molecular formula is C14H15N3O2S. The van der Waals surface area contributed by atoms with Gasteiger partial charge >= 0.3 is 0 Å². The number of anilines is 1. The summed E-state index contributed by atoms with van der Waals surface area (Å²) in [6, 6.07) is 13.0. The molecule has 0 aliphatic rings. The van der Waals surface area contributed by atoms with E-state index in [1.807, 2.05) is 37.3 Å². The first-order valence-corrected chi connectivity index (χ1v) is 7.03. The summed E-state index contributed by atoms with van der Waals surface area (Å²) in [5.41, 5.74) is 4.81. The number of nitrogens with one attached hydrogen (secondary N) is 1. The summed E-state index contributed by atoms with van der Waals surface area (Å²) in [6.07, 6.45) is 0. The predicted molar refractivity (Wildman–Crippen MR) is 81.6 cm³/mol. The Kier molecular flexibility index (Phi) is 4.60. The molecule has 2 aromatic rings. The fourth-order valence-corrected chi connectivity index (χ4v) is 2.92. The van der Waals surface area contributed by atoms with Crippen LogP contribution in [0.4, 0.5) is 11.4 Å². The number of thioether (sulfide) groups is 1. The van der Waals surface area contributed by atoms with Gasteiger partial charge in [-0.05, 0) is 24.1 Å². The third-order valence-corrected chi connectivity index (χ3v) is 4.17. The Morgan fingerprint density at radius 3 is 2.65 bits per heavy atom. The third-order valence-electron chi connectivity index (χ3n) is 2.95. The van der Waals surface area contributed by atoms with Gasteiger partial charge in [-0.1, -0.05) is 30.3 Å². The lowest BCUT2D eigenvalue weighted by Crippen LogP contribution is -2.11. The molecule has 0 aliphatic heterocycles. The van der Waals surface area contributed by atoms with Gasteiger partial charge in [0.05, 0.1) is 4.92 Å². The van der Waals surface area contributed by atoms with Crippen molar-refractivity contribution in [3.8, 4) is 0 Å². The Morgan fingerprint density at radius 1 is 1.25 bits per heavy atom. The van der Waals surface area contributed by atoms with Gasteiger partial charge in [-0.3, -0.25) is 16.0 Å². The molecule has 0 unspecified atom stereocenters. The van der Waals surface area contributed by atoms with E-state index in [1.165, 1.54) is 11.6 Å². The summed E-state index contributed by atoms with van der Waals surface area (Å²) in [6.45, 7) is 2.04. The molecule has 2 aromatic carbocycles. The monoisotopic (exact) mass is 289 g/mol. The minimum Gasteiger partial charge on any atom is -0.318 e. The number of hydrazine groups is 1. The van der Waals surface area contributed by atoms with Crippen molar-refractivity contribution in [2.75, 3.05) is 5.43 Å². The van der Waals surface area contributed by atoms with Crippen LogP contribution in [0, 0.1) is 17.0 Å². The number of hydrogen-bond donors (Lipinski definition) is 2. The normalized spacial score (nSPS) is 10.3. The first-order chi connectivity index (χ1) is 9.63. The van der Waals surface area contributed by atoms with Crippen LogP contribution in [0.25, 0.3) is 0 Å². The number of rotatable bonds is 5. The van der Waals surface area contributed by atoms with Crippen molar-refractivity contribution in [1.29, 1.82) is 0 Å². The van der Waals surface area contributed by atoms with Crippen LogP contribution in [0.2, 0.25) is 0 Å². The number of nitrogen functional groups attached to an aromatic ring is 1. The molecule has 0 aliphatic carbocycles. The van der Waals surface area contributed by atoms with Crippen LogP contribution < -0.4 is 11.3 Å². The fourth-order valence-electron chi connectivity index (χ4n) is 1.90. The fraction of sp³-hybridized carbons (Fsp3) is 0.143. The maximum atomic E-state index is 11.0. The van der Waals surface area contributed by atoms with Crippen molar-refractivity contribution in [2.24, 2.45) is 5.84 Å². The molecule has 0 saturated heterocycles. The van der Waals surface area contributed by atoms with Crippen molar-refractivity contribution in [1.82, 2.24) is 0 Å². The second-order valence-electron chi connectivity index (χ2n) is 4.27. The number of nitrogens with two attached hydrogens (primary N) is 1. The summed E-state index contributed by atoms with van der Waals surface area (Å²) in [7, 11) is 0. The summed E-state index contributed by atoms with van der Waals surface area (Å²) >= 11 is 1.63. The van der Waals surface area contributed by atoms with Crippen molar-refractivity contribution in [3.63, 3.8) is 0 Å². The van der Waals surface area contributed by atoms with Gasteiger partial charge < -0.3 is 5.43 Å². The molecule has 0 fully saturated rings. The topological polar surface area (TPSA) is 81.2 Å². The SMILES string of the molecule is Cc1ccccc1SCc1cccc([N+](=O)[O-])c1NN. The van der Waals surface area contributed by atoms with Gasteiger partial charge in [0, 0.05) is 16.7 Å². The number of hydrogen-bond acceptors (Lipinski definition) is 5. The van der Waals surface area contributed by atoms with Gasteiger partial charge in [-0.15, -0.1) is 11.8 Å². The highest BCUT2D eigenvalue weighted by Gasteiger charge is 2.16. The molecule has 0 bridgehead atoms. The molecule has 20 heavy (non-hydrogen) atoms. The molecule has 2 rings (SSSR count).